The van der Waals surface area contributed by atoms with E-state index in [9.17, 15) is 4.79 Å². The van der Waals surface area contributed by atoms with Crippen molar-refractivity contribution in [3.8, 4) is 11.8 Å². The van der Waals surface area contributed by atoms with Gasteiger partial charge in [-0.1, -0.05) is 122 Å². The molecular weight excluding hydrogens is 464 g/mol. The minimum Gasteiger partial charge on any atom is -0.329 e. The zero-order chi connectivity index (χ0) is 26.0. The van der Waals surface area contributed by atoms with Crippen molar-refractivity contribution in [1.82, 2.24) is 4.57 Å². The van der Waals surface area contributed by atoms with Crippen LogP contribution in [0.3, 0.4) is 0 Å². The first kappa shape index (κ1) is 23.6. The summed E-state index contributed by atoms with van der Waals surface area (Å²) in [5.41, 5.74) is 2.99. The van der Waals surface area contributed by atoms with Gasteiger partial charge in [-0.25, -0.2) is 0 Å². The lowest BCUT2D eigenvalue weighted by Crippen LogP contribution is -2.39. The summed E-state index contributed by atoms with van der Waals surface area (Å²) >= 11 is 0. The molecule has 1 atom stereocenters. The van der Waals surface area contributed by atoms with Gasteiger partial charge in [0.25, 0.3) is 0 Å². The van der Waals surface area contributed by atoms with Crippen molar-refractivity contribution in [3.05, 3.63) is 127 Å². The monoisotopic (exact) mass is 492 g/mol. The summed E-state index contributed by atoms with van der Waals surface area (Å²) in [6.45, 7) is 2.52. The van der Waals surface area contributed by atoms with Crippen LogP contribution in [0, 0.1) is 11.8 Å². The Bertz CT molecular complexity index is 1780. The molecule has 0 bridgehead atoms. The summed E-state index contributed by atoms with van der Waals surface area (Å²) < 4.78 is 2.24. The van der Waals surface area contributed by atoms with Crippen molar-refractivity contribution in [2.45, 2.75) is 25.3 Å². The number of anilines is 1. The van der Waals surface area contributed by atoms with Crippen LogP contribution in [0.5, 0.6) is 0 Å². The molecule has 0 unspecified atom stereocenters. The first-order valence-electron chi connectivity index (χ1n) is 13.0. The number of nitrogens with one attached hydrogen (secondary N) is 1. The molecule has 3 heteroatoms. The van der Waals surface area contributed by atoms with E-state index in [-0.39, 0.29) is 5.91 Å². The Morgan fingerprint density at radius 3 is 1.97 bits per heavy atom. The molecule has 0 saturated carbocycles. The Morgan fingerprint density at radius 2 is 1.29 bits per heavy atom. The molecule has 6 rings (SSSR count). The number of benzene rings is 5. The molecule has 1 amide bonds. The zero-order valence-electron chi connectivity index (χ0n) is 21.3. The van der Waals surface area contributed by atoms with Crippen LogP contribution in [0.2, 0.25) is 0 Å². The van der Waals surface area contributed by atoms with Crippen molar-refractivity contribution < 1.29 is 4.79 Å². The predicted molar refractivity (Wildman–Crippen MR) is 158 cm³/mol. The number of carbonyl (C=O) groups is 1. The van der Waals surface area contributed by atoms with Gasteiger partial charge in [-0.15, -0.1) is 0 Å². The van der Waals surface area contributed by atoms with Crippen molar-refractivity contribution in [2.24, 2.45) is 0 Å². The molecule has 1 heterocycles. The van der Waals surface area contributed by atoms with Crippen LogP contribution >= 0.6 is 0 Å². The molecule has 1 aromatic heterocycles. The first-order valence-corrected chi connectivity index (χ1v) is 13.0. The molecule has 0 saturated heterocycles. The van der Waals surface area contributed by atoms with E-state index in [0.29, 0.717) is 13.0 Å². The van der Waals surface area contributed by atoms with Gasteiger partial charge >= 0.3 is 0 Å². The Morgan fingerprint density at radius 1 is 0.711 bits per heavy atom. The van der Waals surface area contributed by atoms with Crippen LogP contribution in [0.1, 0.15) is 18.9 Å². The third-order valence-corrected chi connectivity index (χ3v) is 7.44. The molecule has 0 radical (unpaired) electrons. The molecule has 0 fully saturated rings. The van der Waals surface area contributed by atoms with Gasteiger partial charge in [-0.2, -0.15) is 0 Å². The fourth-order valence-corrected chi connectivity index (χ4v) is 5.44. The van der Waals surface area contributed by atoms with Gasteiger partial charge in [0.2, 0.25) is 5.91 Å². The second kappa shape index (κ2) is 9.92. The van der Waals surface area contributed by atoms with Gasteiger partial charge in [-0.3, -0.25) is 4.79 Å². The van der Waals surface area contributed by atoms with E-state index < -0.39 is 5.41 Å². The third-order valence-electron chi connectivity index (χ3n) is 7.44. The van der Waals surface area contributed by atoms with Crippen LogP contribution in [0.25, 0.3) is 32.6 Å². The van der Waals surface area contributed by atoms with Crippen molar-refractivity contribution in [1.29, 1.82) is 0 Å². The predicted octanol–water partition coefficient (Wildman–Crippen LogP) is 7.94. The lowest BCUT2D eigenvalue weighted by Gasteiger charge is -2.27. The lowest BCUT2D eigenvalue weighted by molar-refractivity contribution is -0.119. The molecule has 184 valence electrons. The maximum Gasteiger partial charge on any atom is 0.247 e. The molecule has 3 nitrogen and oxygen atoms in total. The Balaban J connectivity index is 1.43. The van der Waals surface area contributed by atoms with Gasteiger partial charge in [0, 0.05) is 32.9 Å². The summed E-state index contributed by atoms with van der Waals surface area (Å²) in [6, 6.07) is 40.8. The Kier molecular flexibility index (Phi) is 6.15. The van der Waals surface area contributed by atoms with Gasteiger partial charge < -0.3 is 9.88 Å². The van der Waals surface area contributed by atoms with Crippen molar-refractivity contribution >= 4 is 44.2 Å². The smallest absolute Gasteiger partial charge is 0.247 e. The van der Waals surface area contributed by atoms with Crippen LogP contribution in [0.4, 0.5) is 5.69 Å². The average Bonchev–Trinajstić information content (AvgIpc) is 3.30. The first-order chi connectivity index (χ1) is 18.7. The molecule has 0 aliphatic heterocycles. The number of amides is 1. The second-order valence-electron chi connectivity index (χ2n) is 9.53. The lowest BCUT2D eigenvalue weighted by atomic mass is 9.77. The molecule has 1 N–H and O–H groups in total. The number of fused-ring (bicyclic) bond motifs is 4. The minimum absolute atomic E-state index is 0.114. The number of nitrogens with zero attached hydrogens (tertiary/aromatic N) is 1. The zero-order valence-corrected chi connectivity index (χ0v) is 21.3. The van der Waals surface area contributed by atoms with Crippen LogP contribution in [0.15, 0.2) is 121 Å². The van der Waals surface area contributed by atoms with Crippen molar-refractivity contribution in [2.75, 3.05) is 5.32 Å². The van der Waals surface area contributed by atoms with E-state index in [2.05, 4.69) is 82.4 Å². The molecule has 38 heavy (non-hydrogen) atoms. The molecular formula is C35H28N2O. The third kappa shape index (κ3) is 4.01. The number of aromatic nitrogens is 1. The quantitative estimate of drug-likeness (QED) is 0.244. The number of para-hydroxylation sites is 2. The number of hydrogen-bond donors (Lipinski definition) is 1. The van der Waals surface area contributed by atoms with Crippen molar-refractivity contribution in [3.63, 3.8) is 0 Å². The SMILES string of the molecule is CC[C@](C#CCn1c2ccccc2c2ccccc21)(C(=O)Nc1cccc2ccccc12)c1ccccc1. The highest BCUT2D eigenvalue weighted by Crippen LogP contribution is 2.32. The summed E-state index contributed by atoms with van der Waals surface area (Å²) in [6.07, 6.45) is 0.549. The van der Waals surface area contributed by atoms with E-state index in [1.165, 1.54) is 10.8 Å². The average molecular weight is 493 g/mol. The highest BCUT2D eigenvalue weighted by molar-refractivity contribution is 6.09. The highest BCUT2D eigenvalue weighted by atomic mass is 16.2. The van der Waals surface area contributed by atoms with Gasteiger partial charge in [0.15, 0.2) is 0 Å². The van der Waals surface area contributed by atoms with E-state index in [1.807, 2.05) is 67.6 Å². The molecule has 0 aliphatic rings. The topological polar surface area (TPSA) is 34.0 Å². The van der Waals surface area contributed by atoms with E-state index in [1.54, 1.807) is 0 Å². The fraction of sp³-hybridized carbons (Fsp3) is 0.114. The second-order valence-corrected chi connectivity index (χ2v) is 9.53. The largest absolute Gasteiger partial charge is 0.329 e. The van der Waals surface area contributed by atoms with E-state index in [4.69, 9.17) is 0 Å². The van der Waals surface area contributed by atoms with Crippen LogP contribution in [-0.4, -0.2) is 10.5 Å². The minimum atomic E-state index is -0.989. The summed E-state index contributed by atoms with van der Waals surface area (Å²) in [5, 5.41) is 7.75. The Hall–Kier alpha value is -4.81. The van der Waals surface area contributed by atoms with Gasteiger partial charge in [0.05, 0.1) is 6.54 Å². The molecule has 0 aliphatic carbocycles. The summed E-state index contributed by atoms with van der Waals surface area (Å²) in [5.74, 6) is 6.76. The fourth-order valence-electron chi connectivity index (χ4n) is 5.44. The molecule has 5 aromatic carbocycles. The normalized spacial score (nSPS) is 12.7. The van der Waals surface area contributed by atoms with Gasteiger partial charge in [-0.05, 0) is 35.6 Å². The summed E-state index contributed by atoms with van der Waals surface area (Å²) in [7, 11) is 0. The number of rotatable bonds is 5. The summed E-state index contributed by atoms with van der Waals surface area (Å²) in [4.78, 5) is 14.1. The van der Waals surface area contributed by atoms with E-state index in [0.717, 1.165) is 33.1 Å². The standard InChI is InChI=1S/C35H28N2O/c1-2-35(27-16-4-3-5-17-27,34(38)36-31-21-12-15-26-14-6-7-18-28(26)31)24-13-25-37-32-22-10-8-19-29(32)30-20-9-11-23-33(30)37/h3-12,14-23H,2,25H2,1H3,(H,36,38)/t35-/m1/s1. The number of hydrogen-bond acceptors (Lipinski definition) is 1. The maximum atomic E-state index is 14.1. The van der Waals surface area contributed by atoms with Crippen LogP contribution in [-0.2, 0) is 16.8 Å². The van der Waals surface area contributed by atoms with Crippen LogP contribution < -0.4 is 5.32 Å². The maximum absolute atomic E-state index is 14.1. The Labute approximate surface area is 222 Å². The molecule has 6 aromatic rings. The van der Waals surface area contributed by atoms with E-state index >= 15 is 0 Å². The molecule has 0 spiro atoms. The highest BCUT2D eigenvalue weighted by Gasteiger charge is 2.37. The number of carbonyl (C=O) groups excluding carboxylic acids is 1. The van der Waals surface area contributed by atoms with Gasteiger partial charge in [0.1, 0.15) is 5.41 Å².